The fourth-order valence-electron chi connectivity index (χ4n) is 8.73. The maximum Gasteiger partial charge on any atom is 0.294 e. The third-order valence-corrected chi connectivity index (χ3v) is 13.0. The molecule has 6 aromatic carbocycles. The molecule has 0 spiro atoms. The molecule has 2 unspecified atom stereocenters. The monoisotopic (exact) mass is 839 g/mol. The SMILES string of the molecule is CCOCCN(c1ccc(C)cc1)c1ccc(C(c2ccc(N(CCOCC)c3ccc(C)cc3)cc2)c2ccc(NC3CCCCC3C)c3cc(S(=O)(=O)O)ccc23)cc1. The van der Waals surface area contributed by atoms with Gasteiger partial charge in [-0.15, -0.1) is 0 Å². The average molecular weight is 840 g/mol. The summed E-state index contributed by atoms with van der Waals surface area (Å²) in [6.07, 6.45) is 4.58. The first-order valence-electron chi connectivity index (χ1n) is 21.9. The van der Waals surface area contributed by atoms with Gasteiger partial charge in [-0.1, -0.05) is 91.6 Å². The zero-order valence-corrected chi connectivity index (χ0v) is 37.1. The average Bonchev–Trinajstić information content (AvgIpc) is 3.26. The van der Waals surface area contributed by atoms with Gasteiger partial charge in [-0.2, -0.15) is 8.42 Å². The molecule has 7 rings (SSSR count). The third-order valence-electron chi connectivity index (χ3n) is 12.2. The lowest BCUT2D eigenvalue weighted by Crippen LogP contribution is -2.30. The highest BCUT2D eigenvalue weighted by Gasteiger charge is 2.26. The molecule has 1 fully saturated rings. The first-order chi connectivity index (χ1) is 29.5. The quantitative estimate of drug-likeness (QED) is 0.0502. The Bertz CT molecular complexity index is 2350. The van der Waals surface area contributed by atoms with Gasteiger partial charge in [0.15, 0.2) is 0 Å². The summed E-state index contributed by atoms with van der Waals surface area (Å²) in [5, 5.41) is 5.51. The number of aryl methyl sites for hydroxylation is 2. The molecule has 2 atom stereocenters. The largest absolute Gasteiger partial charge is 0.382 e. The first-order valence-corrected chi connectivity index (χ1v) is 23.3. The van der Waals surface area contributed by atoms with E-state index in [4.69, 9.17) is 9.47 Å². The van der Waals surface area contributed by atoms with Crippen molar-refractivity contribution in [2.45, 2.75) is 77.2 Å². The van der Waals surface area contributed by atoms with Crippen LogP contribution >= 0.6 is 0 Å². The van der Waals surface area contributed by atoms with E-state index in [1.54, 1.807) is 6.07 Å². The van der Waals surface area contributed by atoms with Crippen LogP contribution in [0.5, 0.6) is 0 Å². The second-order valence-electron chi connectivity index (χ2n) is 16.4. The smallest absolute Gasteiger partial charge is 0.294 e. The van der Waals surface area contributed by atoms with Crippen molar-refractivity contribution in [1.82, 2.24) is 0 Å². The lowest BCUT2D eigenvalue weighted by atomic mass is 9.82. The third kappa shape index (κ3) is 10.6. The standard InChI is InChI=1S/C52H61N3O5S/c1-6-59-34-32-54(42-20-12-37(3)13-21-42)44-24-16-40(17-25-44)52(41-18-26-45(27-19-41)55(33-35-60-7-2)43-22-14-38(4)15-23-43)48-30-31-51(53-50-11-9-8-10-39(50)5)49-36-46(61(56,57)58)28-29-47(48)49/h12-31,36,39,50,52-53H,6-11,32-35H2,1-5H3,(H,56,57,58). The number of anilines is 5. The van der Waals surface area contributed by atoms with E-state index in [0.717, 1.165) is 75.2 Å². The molecule has 0 radical (unpaired) electrons. The van der Waals surface area contributed by atoms with Crippen LogP contribution in [0.2, 0.25) is 0 Å². The fraction of sp³-hybridized carbons (Fsp3) is 0.346. The minimum atomic E-state index is -4.44. The van der Waals surface area contributed by atoms with E-state index in [9.17, 15) is 13.0 Å². The molecular weight excluding hydrogens is 779 g/mol. The number of hydrogen-bond acceptors (Lipinski definition) is 7. The molecule has 1 aliphatic rings. The zero-order valence-electron chi connectivity index (χ0n) is 36.3. The summed E-state index contributed by atoms with van der Waals surface area (Å²) < 4.78 is 47.0. The summed E-state index contributed by atoms with van der Waals surface area (Å²) in [6.45, 7) is 14.4. The lowest BCUT2D eigenvalue weighted by molar-refractivity contribution is 0.155. The summed E-state index contributed by atoms with van der Waals surface area (Å²) in [5.41, 5.74) is 10.8. The van der Waals surface area contributed by atoms with Gasteiger partial charge in [-0.3, -0.25) is 4.55 Å². The summed E-state index contributed by atoms with van der Waals surface area (Å²) in [6, 6.07) is 44.4. The van der Waals surface area contributed by atoms with Crippen LogP contribution in [-0.4, -0.2) is 58.5 Å². The Balaban J connectivity index is 1.35. The molecule has 0 amide bonds. The van der Waals surface area contributed by atoms with Crippen LogP contribution in [0, 0.1) is 19.8 Å². The van der Waals surface area contributed by atoms with Gasteiger partial charge < -0.3 is 24.6 Å². The molecule has 1 saturated carbocycles. The molecule has 0 bridgehead atoms. The van der Waals surface area contributed by atoms with Crippen molar-refractivity contribution in [3.63, 3.8) is 0 Å². The van der Waals surface area contributed by atoms with Crippen molar-refractivity contribution in [2.75, 3.05) is 54.6 Å². The van der Waals surface area contributed by atoms with Crippen molar-refractivity contribution >= 4 is 49.3 Å². The topological polar surface area (TPSA) is 91.3 Å². The summed E-state index contributed by atoms with van der Waals surface area (Å²) in [7, 11) is -4.44. The highest BCUT2D eigenvalue weighted by Crippen LogP contribution is 2.42. The molecule has 1 aliphatic carbocycles. The lowest BCUT2D eigenvalue weighted by Gasteiger charge is -2.31. The molecule has 0 saturated heterocycles. The Kier molecular flexibility index (Phi) is 14.5. The zero-order chi connectivity index (χ0) is 42.9. The van der Waals surface area contributed by atoms with Gasteiger partial charge in [0.25, 0.3) is 10.1 Å². The number of rotatable bonds is 18. The van der Waals surface area contributed by atoms with E-state index < -0.39 is 10.1 Å². The Hall–Kier alpha value is -5.19. The highest BCUT2D eigenvalue weighted by molar-refractivity contribution is 7.85. The Morgan fingerprint density at radius 1 is 0.639 bits per heavy atom. The van der Waals surface area contributed by atoms with Gasteiger partial charge in [0.05, 0.1) is 18.1 Å². The molecule has 0 aromatic heterocycles. The second kappa shape index (κ2) is 20.1. The molecule has 0 aliphatic heterocycles. The Labute approximate surface area is 363 Å². The number of nitrogens with zero attached hydrogens (tertiary/aromatic N) is 2. The molecule has 8 nitrogen and oxygen atoms in total. The number of nitrogens with one attached hydrogen (secondary N) is 1. The molecule has 61 heavy (non-hydrogen) atoms. The minimum Gasteiger partial charge on any atom is -0.382 e. The van der Waals surface area contributed by atoms with Gasteiger partial charge in [0.1, 0.15) is 0 Å². The molecule has 9 heteroatoms. The van der Waals surface area contributed by atoms with Crippen LogP contribution in [0.15, 0.2) is 132 Å². The number of benzene rings is 6. The van der Waals surface area contributed by atoms with Crippen molar-refractivity contribution in [3.8, 4) is 0 Å². The normalized spacial score (nSPS) is 15.6. The Morgan fingerprint density at radius 3 is 1.57 bits per heavy atom. The number of ether oxygens (including phenoxy) is 2. The van der Waals surface area contributed by atoms with Crippen LogP contribution in [0.1, 0.15) is 80.2 Å². The fourth-order valence-corrected chi connectivity index (χ4v) is 9.24. The summed E-state index contributed by atoms with van der Waals surface area (Å²) >= 11 is 0. The van der Waals surface area contributed by atoms with Gasteiger partial charge in [-0.05, 0) is 135 Å². The molecule has 0 heterocycles. The van der Waals surface area contributed by atoms with Gasteiger partial charge in [0.2, 0.25) is 0 Å². The van der Waals surface area contributed by atoms with Crippen molar-refractivity contribution in [2.24, 2.45) is 5.92 Å². The van der Waals surface area contributed by atoms with Crippen LogP contribution < -0.4 is 15.1 Å². The van der Waals surface area contributed by atoms with Gasteiger partial charge >= 0.3 is 0 Å². The van der Waals surface area contributed by atoms with Crippen LogP contribution in [0.25, 0.3) is 10.8 Å². The van der Waals surface area contributed by atoms with E-state index >= 15 is 0 Å². The summed E-state index contributed by atoms with van der Waals surface area (Å²) in [5.74, 6) is 0.274. The van der Waals surface area contributed by atoms with Crippen LogP contribution in [0.3, 0.4) is 0 Å². The minimum absolute atomic E-state index is 0.117. The van der Waals surface area contributed by atoms with E-state index in [2.05, 4.69) is 145 Å². The second-order valence-corrected chi connectivity index (χ2v) is 17.8. The number of fused-ring (bicyclic) bond motifs is 1. The highest BCUT2D eigenvalue weighted by atomic mass is 32.2. The molecule has 2 N–H and O–H groups in total. The summed E-state index contributed by atoms with van der Waals surface area (Å²) in [4.78, 5) is 4.47. The Morgan fingerprint density at radius 2 is 1.11 bits per heavy atom. The van der Waals surface area contributed by atoms with Gasteiger partial charge in [0, 0.05) is 72.1 Å². The molecular formula is C52H61N3O5S. The van der Waals surface area contributed by atoms with Crippen LogP contribution in [-0.2, 0) is 19.6 Å². The molecule has 320 valence electrons. The predicted molar refractivity (Wildman–Crippen MR) is 252 cm³/mol. The van der Waals surface area contributed by atoms with Crippen LogP contribution in [0.4, 0.5) is 28.4 Å². The first kappa shape index (κ1) is 43.9. The van der Waals surface area contributed by atoms with E-state index in [1.165, 1.54) is 23.6 Å². The maximum atomic E-state index is 12.6. The number of hydrogen-bond donors (Lipinski definition) is 2. The predicted octanol–water partition coefficient (Wildman–Crippen LogP) is 12.2. The van der Waals surface area contributed by atoms with E-state index in [-0.39, 0.29) is 16.9 Å². The van der Waals surface area contributed by atoms with Crippen molar-refractivity contribution in [1.29, 1.82) is 0 Å². The van der Waals surface area contributed by atoms with Crippen molar-refractivity contribution < 1.29 is 22.4 Å². The molecule has 6 aromatic rings. The van der Waals surface area contributed by atoms with Gasteiger partial charge in [-0.25, -0.2) is 0 Å². The van der Waals surface area contributed by atoms with Crippen molar-refractivity contribution in [3.05, 3.63) is 155 Å². The van der Waals surface area contributed by atoms with E-state index in [1.807, 2.05) is 19.9 Å². The maximum absolute atomic E-state index is 12.6. The van der Waals surface area contributed by atoms with E-state index in [0.29, 0.717) is 45.4 Å².